The highest BCUT2D eigenvalue weighted by atomic mass is 14.7. The third-order valence-corrected chi connectivity index (χ3v) is 3.87. The molecule has 110 valence electrons. The van der Waals surface area contributed by atoms with Crippen LogP contribution in [-0.4, -0.2) is 6.21 Å². The molecule has 0 saturated carbocycles. The van der Waals surface area contributed by atoms with Crippen molar-refractivity contribution in [2.45, 2.75) is 26.2 Å². The summed E-state index contributed by atoms with van der Waals surface area (Å²) in [6.07, 6.45) is 1.96. The lowest BCUT2D eigenvalue weighted by atomic mass is 9.86. The largest absolute Gasteiger partial charge is 0.256 e. The third kappa shape index (κ3) is 3.09. The Bertz CT molecular complexity index is 817. The summed E-state index contributed by atoms with van der Waals surface area (Å²) in [7, 11) is 0. The Morgan fingerprint density at radius 1 is 0.818 bits per heavy atom. The highest BCUT2D eigenvalue weighted by molar-refractivity contribution is 5.95. The zero-order valence-corrected chi connectivity index (χ0v) is 13.4. The van der Waals surface area contributed by atoms with Crippen LogP contribution in [0.1, 0.15) is 31.9 Å². The van der Waals surface area contributed by atoms with Gasteiger partial charge in [0.1, 0.15) is 0 Å². The van der Waals surface area contributed by atoms with Gasteiger partial charge in [-0.3, -0.25) is 4.99 Å². The minimum Gasteiger partial charge on any atom is -0.256 e. The highest BCUT2D eigenvalue weighted by Gasteiger charge is 2.13. The van der Waals surface area contributed by atoms with Gasteiger partial charge < -0.3 is 0 Å². The van der Waals surface area contributed by atoms with Crippen molar-refractivity contribution in [2.24, 2.45) is 4.99 Å². The molecule has 22 heavy (non-hydrogen) atoms. The van der Waals surface area contributed by atoms with Crippen LogP contribution in [-0.2, 0) is 5.41 Å². The molecule has 0 amide bonds. The maximum absolute atomic E-state index is 4.70. The predicted molar refractivity (Wildman–Crippen MR) is 96.3 cm³/mol. The lowest BCUT2D eigenvalue weighted by molar-refractivity contribution is 0.590. The molecule has 0 fully saturated rings. The van der Waals surface area contributed by atoms with Crippen molar-refractivity contribution in [2.75, 3.05) is 0 Å². The molecule has 0 saturated heterocycles. The average Bonchev–Trinajstić information content (AvgIpc) is 2.52. The van der Waals surface area contributed by atoms with Gasteiger partial charge in [-0.25, -0.2) is 0 Å². The molecule has 0 heterocycles. The Morgan fingerprint density at radius 3 is 2.36 bits per heavy atom. The van der Waals surface area contributed by atoms with E-state index in [1.54, 1.807) is 0 Å². The van der Waals surface area contributed by atoms with Crippen LogP contribution < -0.4 is 0 Å². The first kappa shape index (κ1) is 14.5. The number of rotatable bonds is 2. The van der Waals surface area contributed by atoms with Crippen molar-refractivity contribution in [3.8, 4) is 0 Å². The number of nitrogens with zero attached hydrogens (tertiary/aromatic N) is 1. The van der Waals surface area contributed by atoms with Crippen molar-refractivity contribution in [3.05, 3.63) is 77.9 Å². The normalized spacial score (nSPS) is 12.1. The van der Waals surface area contributed by atoms with Gasteiger partial charge >= 0.3 is 0 Å². The molecule has 0 aliphatic carbocycles. The summed E-state index contributed by atoms with van der Waals surface area (Å²) in [5.74, 6) is 0. The Labute approximate surface area is 132 Å². The second-order valence-corrected chi connectivity index (χ2v) is 6.63. The fourth-order valence-corrected chi connectivity index (χ4v) is 2.55. The molecule has 3 aromatic carbocycles. The van der Waals surface area contributed by atoms with E-state index in [-0.39, 0.29) is 5.41 Å². The molecule has 0 N–H and O–H groups in total. The molecule has 1 heteroatoms. The molecule has 0 bridgehead atoms. The summed E-state index contributed by atoms with van der Waals surface area (Å²) in [5, 5.41) is 2.41. The summed E-state index contributed by atoms with van der Waals surface area (Å²) >= 11 is 0. The smallest absolute Gasteiger partial charge is 0.0708 e. The summed E-state index contributed by atoms with van der Waals surface area (Å²) in [5.41, 5.74) is 3.64. The Balaban J connectivity index is 1.97. The van der Waals surface area contributed by atoms with E-state index in [1.807, 2.05) is 6.21 Å². The van der Waals surface area contributed by atoms with Gasteiger partial charge in [0.15, 0.2) is 0 Å². The predicted octanol–water partition coefficient (Wildman–Crippen LogP) is 5.89. The van der Waals surface area contributed by atoms with Crippen LogP contribution in [0.2, 0.25) is 0 Å². The van der Waals surface area contributed by atoms with E-state index in [9.17, 15) is 0 Å². The van der Waals surface area contributed by atoms with Crippen molar-refractivity contribution < 1.29 is 0 Å². The molecule has 0 aliphatic rings. The first-order chi connectivity index (χ1) is 10.5. The van der Waals surface area contributed by atoms with E-state index < -0.39 is 0 Å². The number of fused-ring (bicyclic) bond motifs is 1. The van der Waals surface area contributed by atoms with Crippen LogP contribution in [0.3, 0.4) is 0 Å². The maximum Gasteiger partial charge on any atom is 0.0708 e. The quantitative estimate of drug-likeness (QED) is 0.521. The highest BCUT2D eigenvalue weighted by Crippen LogP contribution is 2.26. The standard InChI is InChI=1S/C21H21N/c1-21(2,3)18-11-6-8-16(14-18)15-22-20-13-7-10-17-9-4-5-12-19(17)20/h4-15H,1-3H3. The van der Waals surface area contributed by atoms with Crippen LogP contribution >= 0.6 is 0 Å². The summed E-state index contributed by atoms with van der Waals surface area (Å²) < 4.78 is 0. The van der Waals surface area contributed by atoms with E-state index in [0.717, 1.165) is 11.3 Å². The molecule has 0 unspecified atom stereocenters. The molecule has 0 aromatic heterocycles. The zero-order chi connectivity index (χ0) is 15.6. The van der Waals surface area contributed by atoms with Crippen molar-refractivity contribution in [1.82, 2.24) is 0 Å². The number of benzene rings is 3. The zero-order valence-electron chi connectivity index (χ0n) is 13.4. The Hall–Kier alpha value is -2.41. The van der Waals surface area contributed by atoms with Crippen molar-refractivity contribution in [1.29, 1.82) is 0 Å². The van der Waals surface area contributed by atoms with Gasteiger partial charge in [0.2, 0.25) is 0 Å². The van der Waals surface area contributed by atoms with E-state index in [4.69, 9.17) is 4.99 Å². The Morgan fingerprint density at radius 2 is 1.55 bits per heavy atom. The number of aliphatic imine (C=N–C) groups is 1. The lowest BCUT2D eigenvalue weighted by Crippen LogP contribution is -2.11. The minimum atomic E-state index is 0.156. The molecule has 0 radical (unpaired) electrons. The monoisotopic (exact) mass is 287 g/mol. The molecular weight excluding hydrogens is 266 g/mol. The molecule has 3 rings (SSSR count). The Kier molecular flexibility index (Phi) is 3.81. The van der Waals surface area contributed by atoms with Gasteiger partial charge in [0.25, 0.3) is 0 Å². The molecule has 1 nitrogen and oxygen atoms in total. The fraction of sp³-hybridized carbons (Fsp3) is 0.190. The van der Waals surface area contributed by atoms with Crippen molar-refractivity contribution in [3.63, 3.8) is 0 Å². The summed E-state index contributed by atoms with van der Waals surface area (Å²) in [4.78, 5) is 4.70. The van der Waals surface area contributed by atoms with Crippen LogP contribution in [0.15, 0.2) is 71.7 Å². The molecular formula is C21H21N. The van der Waals surface area contributed by atoms with Gasteiger partial charge in [0, 0.05) is 11.6 Å². The van der Waals surface area contributed by atoms with Crippen LogP contribution in [0.5, 0.6) is 0 Å². The summed E-state index contributed by atoms with van der Waals surface area (Å²) in [6.45, 7) is 6.69. The fourth-order valence-electron chi connectivity index (χ4n) is 2.55. The first-order valence-corrected chi connectivity index (χ1v) is 7.66. The number of hydrogen-bond donors (Lipinski definition) is 0. The maximum atomic E-state index is 4.70. The molecule has 0 spiro atoms. The second-order valence-electron chi connectivity index (χ2n) is 6.63. The van der Waals surface area contributed by atoms with Crippen LogP contribution in [0, 0.1) is 0 Å². The summed E-state index contributed by atoms with van der Waals surface area (Å²) in [6, 6.07) is 23.2. The second kappa shape index (κ2) is 5.76. The molecule has 0 aliphatic heterocycles. The van der Waals surface area contributed by atoms with Gasteiger partial charge in [-0.05, 0) is 34.1 Å². The van der Waals surface area contributed by atoms with E-state index in [1.165, 1.54) is 16.3 Å². The minimum absolute atomic E-state index is 0.156. The average molecular weight is 287 g/mol. The van der Waals surface area contributed by atoms with Crippen molar-refractivity contribution >= 4 is 22.7 Å². The SMILES string of the molecule is CC(C)(C)c1cccc(C=Nc2cccc3ccccc23)c1. The lowest BCUT2D eigenvalue weighted by Gasteiger charge is -2.19. The van der Waals surface area contributed by atoms with Gasteiger partial charge in [0.05, 0.1) is 5.69 Å². The van der Waals surface area contributed by atoms with E-state index in [2.05, 4.69) is 87.5 Å². The van der Waals surface area contributed by atoms with E-state index in [0.29, 0.717) is 0 Å². The van der Waals surface area contributed by atoms with Gasteiger partial charge in [-0.2, -0.15) is 0 Å². The van der Waals surface area contributed by atoms with Crippen LogP contribution in [0.25, 0.3) is 10.8 Å². The van der Waals surface area contributed by atoms with Crippen LogP contribution in [0.4, 0.5) is 5.69 Å². The third-order valence-electron chi connectivity index (χ3n) is 3.87. The molecule has 3 aromatic rings. The van der Waals surface area contributed by atoms with E-state index >= 15 is 0 Å². The van der Waals surface area contributed by atoms with Gasteiger partial charge in [-0.1, -0.05) is 75.4 Å². The topological polar surface area (TPSA) is 12.4 Å². The molecule has 0 atom stereocenters. The van der Waals surface area contributed by atoms with Gasteiger partial charge in [-0.15, -0.1) is 0 Å². The first-order valence-electron chi connectivity index (χ1n) is 7.66. The number of hydrogen-bond acceptors (Lipinski definition) is 1.